The first-order chi connectivity index (χ1) is 13.8. The van der Waals surface area contributed by atoms with Crippen LogP contribution in [0.3, 0.4) is 0 Å². The number of carbonyl (C=O) groups excluding carboxylic acids is 1. The smallest absolute Gasteiger partial charge is 0.232 e. The third-order valence-corrected chi connectivity index (χ3v) is 5.60. The van der Waals surface area contributed by atoms with Crippen LogP contribution in [0.15, 0.2) is 52.5 Å². The molecule has 0 radical (unpaired) electrons. The van der Waals surface area contributed by atoms with E-state index in [1.807, 2.05) is 17.0 Å². The van der Waals surface area contributed by atoms with E-state index in [-0.39, 0.29) is 5.91 Å². The monoisotopic (exact) mass is 396 g/mol. The average Bonchev–Trinajstić information content (AvgIpc) is 3.22. The van der Waals surface area contributed by atoms with Crippen molar-refractivity contribution in [1.82, 2.24) is 30.0 Å². The molecule has 4 heterocycles. The van der Waals surface area contributed by atoms with Gasteiger partial charge in [0.25, 0.3) is 0 Å². The third kappa shape index (κ3) is 4.72. The van der Waals surface area contributed by atoms with E-state index in [1.165, 1.54) is 0 Å². The first kappa shape index (κ1) is 18.5. The molecule has 9 heteroatoms. The van der Waals surface area contributed by atoms with Crippen molar-refractivity contribution in [1.29, 1.82) is 0 Å². The van der Waals surface area contributed by atoms with Crippen molar-refractivity contribution in [2.24, 2.45) is 5.92 Å². The summed E-state index contributed by atoms with van der Waals surface area (Å²) in [6, 6.07) is 3.84. The van der Waals surface area contributed by atoms with Crippen molar-refractivity contribution in [2.75, 3.05) is 18.8 Å². The Morgan fingerprint density at radius 2 is 2.11 bits per heavy atom. The van der Waals surface area contributed by atoms with Gasteiger partial charge in [-0.2, -0.15) is 4.98 Å². The number of amides is 1. The summed E-state index contributed by atoms with van der Waals surface area (Å²) in [6.07, 6.45) is 11.0. The van der Waals surface area contributed by atoms with E-state index in [4.69, 9.17) is 4.52 Å². The van der Waals surface area contributed by atoms with Crippen LogP contribution in [-0.4, -0.2) is 54.7 Å². The van der Waals surface area contributed by atoms with Crippen molar-refractivity contribution in [3.8, 4) is 11.5 Å². The van der Waals surface area contributed by atoms with Gasteiger partial charge >= 0.3 is 0 Å². The molecule has 3 aromatic rings. The standard InChI is InChI=1S/C19H20N6O2S/c26-18(13-28-15-3-5-20-6-4-15)25-9-1-2-14(12-25)10-17-23-19(24-27-17)16-11-21-7-8-22-16/h3-8,11,14H,1-2,9-10,12-13H2. The number of aromatic nitrogens is 5. The largest absolute Gasteiger partial charge is 0.342 e. The number of rotatable bonds is 6. The maximum Gasteiger partial charge on any atom is 0.232 e. The molecule has 1 aliphatic rings. The summed E-state index contributed by atoms with van der Waals surface area (Å²) in [5.41, 5.74) is 0.589. The third-order valence-electron chi connectivity index (χ3n) is 4.61. The summed E-state index contributed by atoms with van der Waals surface area (Å²) >= 11 is 1.54. The molecule has 1 saturated heterocycles. The van der Waals surface area contributed by atoms with Crippen LogP contribution in [0.25, 0.3) is 11.5 Å². The molecular weight excluding hydrogens is 376 g/mol. The summed E-state index contributed by atoms with van der Waals surface area (Å²) in [4.78, 5) is 32.2. The van der Waals surface area contributed by atoms with Gasteiger partial charge in [0, 0.05) is 49.2 Å². The lowest BCUT2D eigenvalue weighted by atomic mass is 9.95. The van der Waals surface area contributed by atoms with E-state index < -0.39 is 0 Å². The van der Waals surface area contributed by atoms with Crippen LogP contribution >= 0.6 is 11.8 Å². The van der Waals surface area contributed by atoms with Gasteiger partial charge in [-0.05, 0) is 30.9 Å². The molecule has 0 bridgehead atoms. The lowest BCUT2D eigenvalue weighted by Crippen LogP contribution is -2.41. The molecule has 3 aromatic heterocycles. The second-order valence-corrected chi connectivity index (χ2v) is 7.67. The molecule has 0 spiro atoms. The van der Waals surface area contributed by atoms with Crippen LogP contribution in [0, 0.1) is 5.92 Å². The highest BCUT2D eigenvalue weighted by Gasteiger charge is 2.25. The molecule has 1 atom stereocenters. The molecular formula is C19H20N6O2S. The molecule has 28 heavy (non-hydrogen) atoms. The first-order valence-corrected chi connectivity index (χ1v) is 10.2. The maximum absolute atomic E-state index is 12.6. The van der Waals surface area contributed by atoms with Crippen molar-refractivity contribution in [2.45, 2.75) is 24.2 Å². The van der Waals surface area contributed by atoms with Gasteiger partial charge in [0.2, 0.25) is 17.6 Å². The predicted molar refractivity (Wildman–Crippen MR) is 103 cm³/mol. The number of hydrogen-bond donors (Lipinski definition) is 0. The van der Waals surface area contributed by atoms with E-state index in [0.29, 0.717) is 35.5 Å². The topological polar surface area (TPSA) is 97.9 Å². The Kier molecular flexibility index (Phi) is 5.91. The number of thioether (sulfide) groups is 1. The summed E-state index contributed by atoms with van der Waals surface area (Å²) in [7, 11) is 0. The van der Waals surface area contributed by atoms with Gasteiger partial charge < -0.3 is 9.42 Å². The fraction of sp³-hybridized carbons (Fsp3) is 0.368. The van der Waals surface area contributed by atoms with Gasteiger partial charge in [0.05, 0.1) is 11.9 Å². The number of pyridine rings is 1. The highest BCUT2D eigenvalue weighted by molar-refractivity contribution is 8.00. The van der Waals surface area contributed by atoms with Gasteiger partial charge in [-0.15, -0.1) is 11.8 Å². The molecule has 0 aliphatic carbocycles. The highest BCUT2D eigenvalue weighted by atomic mass is 32.2. The van der Waals surface area contributed by atoms with E-state index in [9.17, 15) is 4.79 Å². The molecule has 1 aliphatic heterocycles. The van der Waals surface area contributed by atoms with Crippen LogP contribution < -0.4 is 0 Å². The van der Waals surface area contributed by atoms with E-state index >= 15 is 0 Å². The van der Waals surface area contributed by atoms with E-state index in [2.05, 4.69) is 25.1 Å². The van der Waals surface area contributed by atoms with Crippen LogP contribution in [0.2, 0.25) is 0 Å². The molecule has 144 valence electrons. The van der Waals surface area contributed by atoms with Gasteiger partial charge in [0.1, 0.15) is 5.69 Å². The van der Waals surface area contributed by atoms with Crippen LogP contribution in [0.5, 0.6) is 0 Å². The molecule has 0 saturated carbocycles. The van der Waals surface area contributed by atoms with Gasteiger partial charge in [-0.1, -0.05) is 5.16 Å². The molecule has 1 fully saturated rings. The zero-order valence-electron chi connectivity index (χ0n) is 15.3. The van der Waals surface area contributed by atoms with Gasteiger partial charge in [0.15, 0.2) is 0 Å². The first-order valence-electron chi connectivity index (χ1n) is 9.17. The average molecular weight is 396 g/mol. The number of hydrogen-bond acceptors (Lipinski definition) is 8. The van der Waals surface area contributed by atoms with Crippen LogP contribution in [0.1, 0.15) is 18.7 Å². The van der Waals surface area contributed by atoms with Crippen LogP contribution in [-0.2, 0) is 11.2 Å². The van der Waals surface area contributed by atoms with Crippen molar-refractivity contribution in [3.05, 3.63) is 49.0 Å². The fourth-order valence-electron chi connectivity index (χ4n) is 3.23. The predicted octanol–water partition coefficient (Wildman–Crippen LogP) is 2.50. The van der Waals surface area contributed by atoms with Gasteiger partial charge in [-0.25, -0.2) is 4.98 Å². The minimum Gasteiger partial charge on any atom is -0.342 e. The summed E-state index contributed by atoms with van der Waals surface area (Å²) in [5, 5.41) is 3.99. The lowest BCUT2D eigenvalue weighted by Gasteiger charge is -2.32. The lowest BCUT2D eigenvalue weighted by molar-refractivity contribution is -0.130. The second-order valence-electron chi connectivity index (χ2n) is 6.63. The highest BCUT2D eigenvalue weighted by Crippen LogP contribution is 2.23. The summed E-state index contributed by atoms with van der Waals surface area (Å²) in [5.74, 6) is 1.94. The Balaban J connectivity index is 1.31. The molecule has 8 nitrogen and oxygen atoms in total. The molecule has 0 N–H and O–H groups in total. The van der Waals surface area contributed by atoms with Crippen molar-refractivity contribution >= 4 is 17.7 Å². The Hall–Kier alpha value is -2.81. The zero-order valence-corrected chi connectivity index (χ0v) is 16.1. The van der Waals surface area contributed by atoms with Crippen molar-refractivity contribution < 1.29 is 9.32 Å². The fourth-order valence-corrected chi connectivity index (χ4v) is 4.02. The second kappa shape index (κ2) is 8.92. The number of nitrogens with zero attached hydrogens (tertiary/aromatic N) is 6. The van der Waals surface area contributed by atoms with Crippen LogP contribution in [0.4, 0.5) is 0 Å². The SMILES string of the molecule is O=C(CSc1ccncc1)N1CCCC(Cc2nc(-c3cnccn3)no2)C1. The Morgan fingerprint density at radius 1 is 1.21 bits per heavy atom. The summed E-state index contributed by atoms with van der Waals surface area (Å²) < 4.78 is 5.38. The Morgan fingerprint density at radius 3 is 2.93 bits per heavy atom. The summed E-state index contributed by atoms with van der Waals surface area (Å²) in [6.45, 7) is 1.53. The van der Waals surface area contributed by atoms with E-state index in [1.54, 1.807) is 42.7 Å². The number of carbonyl (C=O) groups is 1. The molecule has 1 unspecified atom stereocenters. The normalized spacial score (nSPS) is 16.9. The minimum atomic E-state index is 0.164. The Labute approximate surface area is 166 Å². The quantitative estimate of drug-likeness (QED) is 0.586. The van der Waals surface area contributed by atoms with Gasteiger partial charge in [-0.3, -0.25) is 14.8 Å². The van der Waals surface area contributed by atoms with E-state index in [0.717, 1.165) is 30.8 Å². The number of likely N-dealkylation sites (tertiary alicyclic amines) is 1. The van der Waals surface area contributed by atoms with Crippen molar-refractivity contribution in [3.63, 3.8) is 0 Å². The molecule has 1 amide bonds. The Bertz CT molecular complexity index is 905. The number of piperidine rings is 1. The zero-order chi connectivity index (χ0) is 19.2. The molecule has 0 aromatic carbocycles. The minimum absolute atomic E-state index is 0.164. The maximum atomic E-state index is 12.6. The molecule has 4 rings (SSSR count).